The predicted octanol–water partition coefficient (Wildman–Crippen LogP) is 5.60. The zero-order valence-corrected chi connectivity index (χ0v) is 16.1. The first-order chi connectivity index (χ1) is 11.2. The Bertz CT molecular complexity index is 815. The van der Waals surface area contributed by atoms with Crippen LogP contribution in [-0.2, 0) is 0 Å². The molecule has 0 aliphatic rings. The summed E-state index contributed by atoms with van der Waals surface area (Å²) in [4.78, 5) is 0. The molecule has 0 spiro atoms. The average Bonchev–Trinajstić information content (AvgIpc) is 2.95. The maximum Gasteiger partial charge on any atom is 0.184 e. The normalized spacial score (nSPS) is 10.7. The smallest absolute Gasteiger partial charge is 0.184 e. The highest BCUT2D eigenvalue weighted by Crippen LogP contribution is 2.24. The summed E-state index contributed by atoms with van der Waals surface area (Å²) in [7, 11) is 0. The molecule has 7 heteroatoms. The summed E-state index contributed by atoms with van der Waals surface area (Å²) in [5.41, 5.74) is 0.992. The molecule has 0 atom stereocenters. The second kappa shape index (κ2) is 8.10. The molecule has 0 aliphatic heterocycles. The molecule has 0 bridgehead atoms. The molecular weight excluding hydrogens is 412 g/mol. The molecule has 3 aromatic rings. The van der Waals surface area contributed by atoms with Gasteiger partial charge in [-0.05, 0) is 48.6 Å². The summed E-state index contributed by atoms with van der Waals surface area (Å²) in [5.74, 6) is 1.70. The minimum absolute atomic E-state index is 0.629. The van der Waals surface area contributed by atoms with Gasteiger partial charge in [0, 0.05) is 10.2 Å². The summed E-state index contributed by atoms with van der Waals surface area (Å²) in [6.45, 7) is 0.629. The largest absolute Gasteiger partial charge is 0.493 e. The van der Waals surface area contributed by atoms with Crippen LogP contribution in [0.4, 0.5) is 0 Å². The van der Waals surface area contributed by atoms with E-state index in [1.807, 2.05) is 54.6 Å². The van der Waals surface area contributed by atoms with Crippen LogP contribution >= 0.6 is 51.2 Å². The molecule has 0 unspecified atom stereocenters. The van der Waals surface area contributed by atoms with Gasteiger partial charge in [-0.15, -0.1) is 5.10 Å². The van der Waals surface area contributed by atoms with Crippen LogP contribution in [0.1, 0.15) is 0 Å². The molecule has 1 heterocycles. The number of rotatable bonds is 6. The van der Waals surface area contributed by atoms with E-state index in [4.69, 9.17) is 17.0 Å². The van der Waals surface area contributed by atoms with Crippen molar-refractivity contribution in [2.45, 2.75) is 4.34 Å². The van der Waals surface area contributed by atoms with Crippen LogP contribution in [0.5, 0.6) is 5.75 Å². The lowest BCUT2D eigenvalue weighted by Gasteiger charge is -2.04. The lowest BCUT2D eigenvalue weighted by atomic mass is 10.3. The van der Waals surface area contributed by atoms with Crippen LogP contribution in [-0.4, -0.2) is 22.1 Å². The highest BCUT2D eigenvalue weighted by Gasteiger charge is 2.06. The van der Waals surface area contributed by atoms with Gasteiger partial charge in [0.2, 0.25) is 0 Å². The topological polar surface area (TPSA) is 27.1 Å². The fourth-order valence-corrected chi connectivity index (χ4v) is 4.38. The molecule has 0 saturated carbocycles. The number of aromatic nitrogens is 2. The number of hydrogen-bond donors (Lipinski definition) is 0. The van der Waals surface area contributed by atoms with Gasteiger partial charge in [-0.25, -0.2) is 4.68 Å². The summed E-state index contributed by atoms with van der Waals surface area (Å²) in [5, 5.41) is 4.57. The number of nitrogens with zero attached hydrogens (tertiary/aromatic N) is 2. The zero-order chi connectivity index (χ0) is 16.1. The summed E-state index contributed by atoms with van der Waals surface area (Å²) < 4.78 is 10.3. The lowest BCUT2D eigenvalue weighted by Crippen LogP contribution is -2.00. The Morgan fingerprint density at radius 2 is 1.87 bits per heavy atom. The number of hydrogen-bond acceptors (Lipinski definition) is 5. The van der Waals surface area contributed by atoms with Crippen molar-refractivity contribution in [1.82, 2.24) is 9.78 Å². The van der Waals surface area contributed by atoms with Crippen LogP contribution in [0, 0.1) is 3.95 Å². The molecule has 118 valence electrons. The van der Waals surface area contributed by atoms with E-state index in [9.17, 15) is 0 Å². The molecule has 0 saturated heterocycles. The quantitative estimate of drug-likeness (QED) is 0.292. The molecule has 0 aliphatic carbocycles. The highest BCUT2D eigenvalue weighted by molar-refractivity contribution is 9.10. The van der Waals surface area contributed by atoms with Crippen LogP contribution in [0.3, 0.4) is 0 Å². The van der Waals surface area contributed by atoms with E-state index in [-0.39, 0.29) is 0 Å². The standard InChI is InChI=1S/C16H13BrN2OS3/c17-12-6-8-14(9-7-12)20-10-11-22-15-18-19(16(21)23-15)13-4-2-1-3-5-13/h1-9H,10-11H2. The molecule has 2 aromatic carbocycles. The van der Waals surface area contributed by atoms with Gasteiger partial charge in [0.15, 0.2) is 8.29 Å². The Labute approximate surface area is 156 Å². The Balaban J connectivity index is 1.55. The van der Waals surface area contributed by atoms with Gasteiger partial charge < -0.3 is 4.74 Å². The molecule has 1 aromatic heterocycles. The minimum atomic E-state index is 0.629. The second-order valence-corrected chi connectivity index (χ2v) is 8.41. The minimum Gasteiger partial charge on any atom is -0.493 e. The number of thioether (sulfide) groups is 1. The summed E-state index contributed by atoms with van der Waals surface area (Å²) in [6.07, 6.45) is 0. The van der Waals surface area contributed by atoms with E-state index in [1.165, 1.54) is 11.3 Å². The van der Waals surface area contributed by atoms with Crippen molar-refractivity contribution < 1.29 is 4.74 Å². The Hall–Kier alpha value is -1.15. The van der Waals surface area contributed by atoms with Crippen LogP contribution in [0.15, 0.2) is 63.4 Å². The van der Waals surface area contributed by atoms with Gasteiger partial charge in [-0.1, -0.05) is 57.2 Å². The van der Waals surface area contributed by atoms with E-state index in [0.29, 0.717) is 6.61 Å². The third-order valence-electron chi connectivity index (χ3n) is 2.92. The van der Waals surface area contributed by atoms with Crippen molar-refractivity contribution in [2.75, 3.05) is 12.4 Å². The fraction of sp³-hybridized carbons (Fsp3) is 0.125. The Kier molecular flexibility index (Phi) is 5.88. The van der Waals surface area contributed by atoms with E-state index in [2.05, 4.69) is 21.0 Å². The number of para-hydroxylation sites is 1. The van der Waals surface area contributed by atoms with Crippen molar-refractivity contribution in [1.29, 1.82) is 0 Å². The Morgan fingerprint density at radius 1 is 1.13 bits per heavy atom. The van der Waals surface area contributed by atoms with Crippen molar-refractivity contribution in [3.63, 3.8) is 0 Å². The number of halogens is 1. The van der Waals surface area contributed by atoms with Gasteiger partial charge in [-0.2, -0.15) is 0 Å². The highest BCUT2D eigenvalue weighted by atomic mass is 79.9. The van der Waals surface area contributed by atoms with E-state index in [0.717, 1.165) is 30.0 Å². The predicted molar refractivity (Wildman–Crippen MR) is 103 cm³/mol. The fourth-order valence-electron chi connectivity index (χ4n) is 1.87. The van der Waals surface area contributed by atoms with Gasteiger partial charge >= 0.3 is 0 Å². The summed E-state index contributed by atoms with van der Waals surface area (Å²) >= 11 is 12.0. The third kappa shape index (κ3) is 4.67. The monoisotopic (exact) mass is 424 g/mol. The molecular formula is C16H13BrN2OS3. The van der Waals surface area contributed by atoms with Gasteiger partial charge in [0.25, 0.3) is 0 Å². The van der Waals surface area contributed by atoms with Crippen molar-refractivity contribution in [2.24, 2.45) is 0 Å². The molecule has 3 rings (SSSR count). The molecule has 23 heavy (non-hydrogen) atoms. The van der Waals surface area contributed by atoms with Crippen LogP contribution < -0.4 is 4.74 Å². The Morgan fingerprint density at radius 3 is 2.61 bits per heavy atom. The first-order valence-corrected chi connectivity index (χ1v) is 9.89. The van der Waals surface area contributed by atoms with E-state index < -0.39 is 0 Å². The van der Waals surface area contributed by atoms with Crippen LogP contribution in [0.25, 0.3) is 5.69 Å². The van der Waals surface area contributed by atoms with Crippen molar-refractivity contribution >= 4 is 51.2 Å². The van der Waals surface area contributed by atoms with Crippen molar-refractivity contribution in [3.8, 4) is 11.4 Å². The van der Waals surface area contributed by atoms with Crippen LogP contribution in [0.2, 0.25) is 0 Å². The molecule has 0 fully saturated rings. The zero-order valence-electron chi connectivity index (χ0n) is 12.0. The number of benzene rings is 2. The lowest BCUT2D eigenvalue weighted by molar-refractivity contribution is 0.344. The third-order valence-corrected chi connectivity index (χ3v) is 5.78. The van der Waals surface area contributed by atoms with E-state index >= 15 is 0 Å². The molecule has 3 nitrogen and oxygen atoms in total. The SMILES string of the molecule is S=c1sc(SCCOc2ccc(Br)cc2)nn1-c1ccccc1. The van der Waals surface area contributed by atoms with Gasteiger partial charge in [-0.3, -0.25) is 0 Å². The second-order valence-electron chi connectivity index (χ2n) is 4.53. The molecule has 0 radical (unpaired) electrons. The average molecular weight is 425 g/mol. The summed E-state index contributed by atoms with van der Waals surface area (Å²) in [6, 6.07) is 17.8. The first-order valence-electron chi connectivity index (χ1n) is 6.89. The maximum atomic E-state index is 5.71. The first kappa shape index (κ1) is 16.7. The molecule has 0 amide bonds. The van der Waals surface area contributed by atoms with E-state index in [1.54, 1.807) is 16.4 Å². The number of ether oxygens (including phenoxy) is 1. The van der Waals surface area contributed by atoms with Gasteiger partial charge in [0.05, 0.1) is 12.3 Å². The molecule has 0 N–H and O–H groups in total. The maximum absolute atomic E-state index is 5.71. The van der Waals surface area contributed by atoms with Crippen molar-refractivity contribution in [3.05, 3.63) is 63.0 Å². The van der Waals surface area contributed by atoms with Gasteiger partial charge in [0.1, 0.15) is 5.75 Å².